The van der Waals surface area contributed by atoms with E-state index in [4.69, 9.17) is 9.84 Å². The summed E-state index contributed by atoms with van der Waals surface area (Å²) in [6.45, 7) is 4.91. The summed E-state index contributed by atoms with van der Waals surface area (Å²) in [6, 6.07) is 0.781. The third-order valence-corrected chi connectivity index (χ3v) is 2.72. The fraction of sp³-hybridized carbons (Fsp3) is 0.643. The Hall–Kier alpha value is -1.47. The second-order valence-electron chi connectivity index (χ2n) is 4.45. The second kappa shape index (κ2) is 9.46. The third kappa shape index (κ3) is 5.43. The standard InChI is InChI=1S/C14H22F2N2O3/c1-3-5-18(6-4-2)13-11(15)9-12(16)14(17-13)21-8-7-20-10-19/h9,19H,3-8,10H2,1-2H3. The molecule has 0 saturated heterocycles. The molecule has 0 bridgehead atoms. The number of hydrogen-bond acceptors (Lipinski definition) is 5. The summed E-state index contributed by atoms with van der Waals surface area (Å²) >= 11 is 0. The van der Waals surface area contributed by atoms with Crippen molar-refractivity contribution in [2.24, 2.45) is 0 Å². The molecule has 0 aliphatic carbocycles. The van der Waals surface area contributed by atoms with Crippen molar-refractivity contribution in [3.8, 4) is 5.88 Å². The van der Waals surface area contributed by atoms with Crippen molar-refractivity contribution in [1.29, 1.82) is 0 Å². The maximum absolute atomic E-state index is 13.9. The molecule has 1 rings (SSSR count). The average molecular weight is 304 g/mol. The van der Waals surface area contributed by atoms with E-state index in [0.29, 0.717) is 13.1 Å². The van der Waals surface area contributed by atoms with E-state index in [0.717, 1.165) is 18.9 Å². The quantitative estimate of drug-likeness (QED) is 0.531. The monoisotopic (exact) mass is 304 g/mol. The fourth-order valence-corrected chi connectivity index (χ4v) is 1.89. The molecule has 1 heterocycles. The first-order chi connectivity index (χ1) is 10.1. The predicted octanol–water partition coefficient (Wildman–Crippen LogP) is 2.33. The van der Waals surface area contributed by atoms with Crippen molar-refractivity contribution in [2.75, 3.05) is 38.0 Å². The predicted molar refractivity (Wildman–Crippen MR) is 75.5 cm³/mol. The highest BCUT2D eigenvalue weighted by Crippen LogP contribution is 2.24. The number of halogens is 2. The van der Waals surface area contributed by atoms with Crippen LogP contribution in [0.5, 0.6) is 5.88 Å². The van der Waals surface area contributed by atoms with Crippen molar-refractivity contribution in [2.45, 2.75) is 26.7 Å². The lowest BCUT2D eigenvalue weighted by Crippen LogP contribution is -2.27. The van der Waals surface area contributed by atoms with Crippen LogP contribution in [-0.2, 0) is 4.74 Å². The molecule has 0 aliphatic rings. The highest BCUT2D eigenvalue weighted by molar-refractivity contribution is 5.42. The molecule has 5 nitrogen and oxygen atoms in total. The highest BCUT2D eigenvalue weighted by atomic mass is 19.1. The zero-order chi connectivity index (χ0) is 15.7. The lowest BCUT2D eigenvalue weighted by Gasteiger charge is -2.23. The van der Waals surface area contributed by atoms with Crippen LogP contribution in [0.2, 0.25) is 0 Å². The SMILES string of the molecule is CCCN(CCC)c1nc(OCCOCO)c(F)cc1F. The molecule has 0 radical (unpaired) electrons. The van der Waals surface area contributed by atoms with Gasteiger partial charge < -0.3 is 19.5 Å². The summed E-state index contributed by atoms with van der Waals surface area (Å²) in [5.74, 6) is -1.72. The summed E-state index contributed by atoms with van der Waals surface area (Å²) in [5.41, 5.74) is 0. The van der Waals surface area contributed by atoms with Gasteiger partial charge in [-0.25, -0.2) is 8.78 Å². The zero-order valence-corrected chi connectivity index (χ0v) is 12.4. The summed E-state index contributed by atoms with van der Waals surface area (Å²) < 4.78 is 37.3. The number of ether oxygens (including phenoxy) is 2. The number of pyridine rings is 1. The van der Waals surface area contributed by atoms with Gasteiger partial charge in [0.05, 0.1) is 6.61 Å². The molecular formula is C14H22F2N2O3. The molecular weight excluding hydrogens is 282 g/mol. The normalized spacial score (nSPS) is 10.7. The highest BCUT2D eigenvalue weighted by Gasteiger charge is 2.17. The summed E-state index contributed by atoms with van der Waals surface area (Å²) in [4.78, 5) is 5.71. The summed E-state index contributed by atoms with van der Waals surface area (Å²) in [6.07, 6.45) is 1.66. The molecule has 7 heteroatoms. The van der Waals surface area contributed by atoms with E-state index in [1.807, 2.05) is 13.8 Å². The van der Waals surface area contributed by atoms with Crippen LogP contribution < -0.4 is 9.64 Å². The van der Waals surface area contributed by atoms with Crippen LogP contribution in [0.1, 0.15) is 26.7 Å². The Morgan fingerprint density at radius 1 is 1.14 bits per heavy atom. The van der Waals surface area contributed by atoms with Crippen LogP contribution in [0.3, 0.4) is 0 Å². The molecule has 120 valence electrons. The van der Waals surface area contributed by atoms with Gasteiger partial charge in [-0.05, 0) is 12.8 Å². The molecule has 0 aliphatic heterocycles. The number of anilines is 1. The molecule has 0 unspecified atom stereocenters. The number of aromatic nitrogens is 1. The third-order valence-electron chi connectivity index (χ3n) is 2.72. The molecule has 21 heavy (non-hydrogen) atoms. The van der Waals surface area contributed by atoms with Gasteiger partial charge in [-0.2, -0.15) is 4.98 Å². The molecule has 0 fully saturated rings. The smallest absolute Gasteiger partial charge is 0.252 e. The second-order valence-corrected chi connectivity index (χ2v) is 4.45. The van der Waals surface area contributed by atoms with Crippen molar-refractivity contribution >= 4 is 5.82 Å². The Balaban J connectivity index is 2.87. The zero-order valence-electron chi connectivity index (χ0n) is 12.4. The van der Waals surface area contributed by atoms with Crippen molar-refractivity contribution in [3.05, 3.63) is 17.7 Å². The lowest BCUT2D eigenvalue weighted by molar-refractivity contribution is -0.0134. The van der Waals surface area contributed by atoms with E-state index in [1.54, 1.807) is 4.90 Å². The Kier molecular flexibility index (Phi) is 7.92. The van der Waals surface area contributed by atoms with Gasteiger partial charge in [-0.1, -0.05) is 13.8 Å². The van der Waals surface area contributed by atoms with Gasteiger partial charge in [0.25, 0.3) is 5.88 Å². The van der Waals surface area contributed by atoms with Crippen LogP contribution in [0.25, 0.3) is 0 Å². The Bertz CT molecular complexity index is 427. The number of aliphatic hydroxyl groups excluding tert-OH is 1. The van der Waals surface area contributed by atoms with E-state index in [9.17, 15) is 8.78 Å². The summed E-state index contributed by atoms with van der Waals surface area (Å²) in [7, 11) is 0. The van der Waals surface area contributed by atoms with E-state index >= 15 is 0 Å². The van der Waals surface area contributed by atoms with Gasteiger partial charge in [0.1, 0.15) is 13.4 Å². The average Bonchev–Trinajstić information content (AvgIpc) is 2.45. The van der Waals surface area contributed by atoms with Crippen molar-refractivity contribution in [3.63, 3.8) is 0 Å². The van der Waals surface area contributed by atoms with E-state index in [-0.39, 0.29) is 24.9 Å². The molecule has 0 aromatic carbocycles. The van der Waals surface area contributed by atoms with Crippen LogP contribution in [0.15, 0.2) is 6.07 Å². The molecule has 0 amide bonds. The van der Waals surface area contributed by atoms with Gasteiger partial charge in [-0.3, -0.25) is 0 Å². The van der Waals surface area contributed by atoms with Gasteiger partial charge in [-0.15, -0.1) is 0 Å². The van der Waals surface area contributed by atoms with Gasteiger partial charge in [0.2, 0.25) is 0 Å². The van der Waals surface area contributed by atoms with Gasteiger partial charge in [0.15, 0.2) is 17.5 Å². The minimum absolute atomic E-state index is 0.0249. The fourth-order valence-electron chi connectivity index (χ4n) is 1.89. The number of aliphatic hydroxyl groups is 1. The summed E-state index contributed by atoms with van der Waals surface area (Å²) in [5, 5.41) is 8.47. The van der Waals surface area contributed by atoms with Crippen LogP contribution in [0.4, 0.5) is 14.6 Å². The minimum Gasteiger partial charge on any atom is -0.473 e. The molecule has 0 spiro atoms. The van der Waals surface area contributed by atoms with Crippen LogP contribution in [0, 0.1) is 11.6 Å². The first kappa shape index (κ1) is 17.6. The van der Waals surface area contributed by atoms with Crippen molar-refractivity contribution < 1.29 is 23.4 Å². The molecule has 1 aromatic heterocycles. The Morgan fingerprint density at radius 3 is 2.38 bits per heavy atom. The lowest BCUT2D eigenvalue weighted by atomic mass is 10.3. The van der Waals surface area contributed by atoms with Gasteiger partial charge in [0, 0.05) is 19.2 Å². The molecule has 1 aromatic rings. The van der Waals surface area contributed by atoms with Crippen LogP contribution >= 0.6 is 0 Å². The first-order valence-electron chi connectivity index (χ1n) is 7.06. The van der Waals surface area contributed by atoms with Gasteiger partial charge >= 0.3 is 0 Å². The van der Waals surface area contributed by atoms with Crippen molar-refractivity contribution in [1.82, 2.24) is 4.98 Å². The van der Waals surface area contributed by atoms with Crippen LogP contribution in [-0.4, -0.2) is 43.2 Å². The maximum Gasteiger partial charge on any atom is 0.252 e. The van der Waals surface area contributed by atoms with E-state index in [1.165, 1.54) is 0 Å². The Morgan fingerprint density at radius 2 is 1.81 bits per heavy atom. The Labute approximate surface area is 123 Å². The molecule has 1 N–H and O–H groups in total. The largest absolute Gasteiger partial charge is 0.473 e. The first-order valence-corrected chi connectivity index (χ1v) is 7.06. The maximum atomic E-state index is 13.9. The topological polar surface area (TPSA) is 54.8 Å². The molecule has 0 saturated carbocycles. The minimum atomic E-state index is -0.854. The van der Waals surface area contributed by atoms with E-state index < -0.39 is 18.4 Å². The van der Waals surface area contributed by atoms with E-state index in [2.05, 4.69) is 9.72 Å². The number of rotatable bonds is 10. The number of nitrogens with zero attached hydrogens (tertiary/aromatic N) is 2. The molecule has 0 atom stereocenters. The number of hydrogen-bond donors (Lipinski definition) is 1.